The van der Waals surface area contributed by atoms with Crippen LogP contribution in [0.15, 0.2) is 0 Å². The molecule has 0 aromatic rings. The van der Waals surface area contributed by atoms with E-state index in [0.717, 1.165) is 12.8 Å². The zero-order valence-electron chi connectivity index (χ0n) is 9.86. The number of hydrogen-bond donors (Lipinski definition) is 1. The molecule has 90 valence electrons. The van der Waals surface area contributed by atoms with Crippen LogP contribution >= 0.6 is 0 Å². The maximum atomic E-state index is 11.1. The van der Waals surface area contributed by atoms with Crippen molar-refractivity contribution >= 4 is 9.84 Å². The second-order valence-corrected chi connectivity index (χ2v) is 7.25. The minimum Gasteiger partial charge on any atom is -0.329 e. The van der Waals surface area contributed by atoms with Gasteiger partial charge in [0, 0.05) is 24.9 Å². The zero-order chi connectivity index (χ0) is 11.7. The average molecular weight is 234 g/mol. The molecule has 2 N–H and O–H groups in total. The van der Waals surface area contributed by atoms with Crippen molar-refractivity contribution in [3.63, 3.8) is 0 Å². The summed E-state index contributed by atoms with van der Waals surface area (Å²) in [6.07, 6.45) is 3.45. The molecule has 0 amide bonds. The van der Waals surface area contributed by atoms with E-state index in [1.165, 1.54) is 6.26 Å². The number of rotatable bonds is 5. The number of nitrogens with zero attached hydrogens (tertiary/aromatic N) is 1. The molecule has 0 aromatic carbocycles. The highest BCUT2D eigenvalue weighted by molar-refractivity contribution is 7.90. The van der Waals surface area contributed by atoms with Crippen LogP contribution in [0.1, 0.15) is 19.8 Å². The lowest BCUT2D eigenvalue weighted by atomic mass is 9.68. The molecule has 0 spiro atoms. The van der Waals surface area contributed by atoms with Crippen LogP contribution < -0.4 is 5.73 Å². The predicted octanol–water partition coefficient (Wildman–Crippen LogP) is 0.0902. The lowest BCUT2D eigenvalue weighted by molar-refractivity contribution is 0.00997. The van der Waals surface area contributed by atoms with E-state index in [9.17, 15) is 8.42 Å². The number of sulfone groups is 1. The molecule has 4 nitrogen and oxygen atoms in total. The van der Waals surface area contributed by atoms with E-state index in [-0.39, 0.29) is 11.3 Å². The van der Waals surface area contributed by atoms with Gasteiger partial charge in [-0.1, -0.05) is 6.92 Å². The summed E-state index contributed by atoms with van der Waals surface area (Å²) in [6, 6.07) is 0. The van der Waals surface area contributed by atoms with Gasteiger partial charge in [0.2, 0.25) is 0 Å². The Kier molecular flexibility index (Phi) is 3.79. The summed E-state index contributed by atoms with van der Waals surface area (Å²) in [6.45, 7) is 3.42. The molecule has 1 aliphatic rings. The Morgan fingerprint density at radius 2 is 2.00 bits per heavy atom. The molecule has 0 unspecified atom stereocenters. The first-order valence-corrected chi connectivity index (χ1v) is 7.44. The zero-order valence-corrected chi connectivity index (χ0v) is 10.7. The number of hydrogen-bond acceptors (Lipinski definition) is 4. The third-order valence-electron chi connectivity index (χ3n) is 3.44. The van der Waals surface area contributed by atoms with E-state index < -0.39 is 9.84 Å². The standard InChI is InChI=1S/C10H22N2O2S/c1-9-6-10(7-9,8-11)12(2)4-5-15(3,13)14/h9H,4-8,11H2,1-3H3. The second-order valence-electron chi connectivity index (χ2n) is 4.99. The molecule has 5 heteroatoms. The minimum atomic E-state index is -2.87. The van der Waals surface area contributed by atoms with Crippen molar-refractivity contribution in [3.05, 3.63) is 0 Å². The monoisotopic (exact) mass is 234 g/mol. The topological polar surface area (TPSA) is 63.4 Å². The lowest BCUT2D eigenvalue weighted by Gasteiger charge is -2.52. The van der Waals surface area contributed by atoms with E-state index in [1.54, 1.807) is 0 Å². The van der Waals surface area contributed by atoms with Gasteiger partial charge in [-0.3, -0.25) is 4.90 Å². The van der Waals surface area contributed by atoms with Crippen LogP contribution in [0, 0.1) is 5.92 Å². The molecule has 1 fully saturated rings. The van der Waals surface area contributed by atoms with Crippen molar-refractivity contribution in [2.24, 2.45) is 11.7 Å². The van der Waals surface area contributed by atoms with Crippen molar-refractivity contribution in [2.45, 2.75) is 25.3 Å². The van der Waals surface area contributed by atoms with Crippen molar-refractivity contribution < 1.29 is 8.42 Å². The summed E-state index contributed by atoms with van der Waals surface area (Å²) >= 11 is 0. The molecular weight excluding hydrogens is 212 g/mol. The molecular formula is C10H22N2O2S. The Morgan fingerprint density at radius 1 is 1.47 bits per heavy atom. The Hall–Kier alpha value is -0.130. The van der Waals surface area contributed by atoms with Crippen LogP contribution in [0.3, 0.4) is 0 Å². The Balaban J connectivity index is 2.49. The van der Waals surface area contributed by atoms with E-state index >= 15 is 0 Å². The minimum absolute atomic E-state index is 0.0596. The van der Waals surface area contributed by atoms with Gasteiger partial charge in [-0.05, 0) is 25.8 Å². The first-order chi connectivity index (χ1) is 6.79. The van der Waals surface area contributed by atoms with Gasteiger partial charge in [0.05, 0.1) is 5.75 Å². The molecule has 1 rings (SSSR count). The van der Waals surface area contributed by atoms with Crippen molar-refractivity contribution in [2.75, 3.05) is 32.1 Å². The quantitative estimate of drug-likeness (QED) is 0.732. The molecule has 0 aromatic heterocycles. The van der Waals surface area contributed by atoms with Gasteiger partial charge in [0.25, 0.3) is 0 Å². The highest BCUT2D eigenvalue weighted by Gasteiger charge is 2.43. The largest absolute Gasteiger partial charge is 0.329 e. The van der Waals surface area contributed by atoms with Gasteiger partial charge >= 0.3 is 0 Å². The first kappa shape index (κ1) is 12.9. The second kappa shape index (κ2) is 4.39. The maximum absolute atomic E-state index is 11.1. The molecule has 0 heterocycles. The fourth-order valence-electron chi connectivity index (χ4n) is 2.41. The number of nitrogens with two attached hydrogens (primary N) is 1. The Bertz CT molecular complexity index is 307. The molecule has 1 saturated carbocycles. The highest BCUT2D eigenvalue weighted by atomic mass is 32.2. The van der Waals surface area contributed by atoms with Gasteiger partial charge in [0.15, 0.2) is 0 Å². The summed E-state index contributed by atoms with van der Waals surface area (Å²) in [5, 5.41) is 0. The average Bonchev–Trinajstić information content (AvgIpc) is 2.07. The van der Waals surface area contributed by atoms with Gasteiger partial charge in [0.1, 0.15) is 9.84 Å². The third-order valence-corrected chi connectivity index (χ3v) is 4.37. The van der Waals surface area contributed by atoms with E-state index in [4.69, 9.17) is 5.73 Å². The molecule has 0 aliphatic heterocycles. The summed E-state index contributed by atoms with van der Waals surface area (Å²) < 4.78 is 22.1. The van der Waals surface area contributed by atoms with Gasteiger partial charge in [-0.15, -0.1) is 0 Å². The van der Waals surface area contributed by atoms with Gasteiger partial charge < -0.3 is 5.73 Å². The molecule has 1 aliphatic carbocycles. The Morgan fingerprint density at radius 3 is 2.33 bits per heavy atom. The van der Waals surface area contributed by atoms with Crippen LogP contribution in [0.25, 0.3) is 0 Å². The summed E-state index contributed by atoms with van der Waals surface area (Å²) in [5.74, 6) is 0.939. The van der Waals surface area contributed by atoms with Crippen molar-refractivity contribution in [3.8, 4) is 0 Å². The highest BCUT2D eigenvalue weighted by Crippen LogP contribution is 2.40. The smallest absolute Gasteiger partial charge is 0.148 e. The van der Waals surface area contributed by atoms with Crippen LogP contribution in [0.2, 0.25) is 0 Å². The SMILES string of the molecule is CC1CC(CN)(N(C)CCS(C)(=O)=O)C1. The van der Waals surface area contributed by atoms with Gasteiger partial charge in [-0.2, -0.15) is 0 Å². The number of likely N-dealkylation sites (N-methyl/N-ethyl adjacent to an activating group) is 1. The van der Waals surface area contributed by atoms with Crippen LogP contribution in [0.4, 0.5) is 0 Å². The third kappa shape index (κ3) is 3.16. The normalized spacial score (nSPS) is 31.7. The van der Waals surface area contributed by atoms with Crippen molar-refractivity contribution in [1.82, 2.24) is 4.90 Å². The molecule has 0 radical (unpaired) electrons. The van der Waals surface area contributed by atoms with E-state index in [1.807, 2.05) is 7.05 Å². The van der Waals surface area contributed by atoms with Crippen LogP contribution in [0.5, 0.6) is 0 Å². The Labute approximate surface area is 92.7 Å². The first-order valence-electron chi connectivity index (χ1n) is 5.38. The van der Waals surface area contributed by atoms with Crippen molar-refractivity contribution in [1.29, 1.82) is 0 Å². The molecule has 0 bridgehead atoms. The van der Waals surface area contributed by atoms with Crippen LogP contribution in [-0.2, 0) is 9.84 Å². The molecule has 0 atom stereocenters. The summed E-state index contributed by atoms with van der Waals surface area (Å²) in [5.41, 5.74) is 5.84. The predicted molar refractivity (Wildman–Crippen MR) is 62.5 cm³/mol. The van der Waals surface area contributed by atoms with Gasteiger partial charge in [-0.25, -0.2) is 8.42 Å². The lowest BCUT2D eigenvalue weighted by Crippen LogP contribution is -2.60. The summed E-state index contributed by atoms with van der Waals surface area (Å²) in [4.78, 5) is 2.12. The van der Waals surface area contributed by atoms with E-state index in [0.29, 0.717) is 19.0 Å². The fraction of sp³-hybridized carbons (Fsp3) is 1.00. The van der Waals surface area contributed by atoms with Crippen LogP contribution in [-0.4, -0.2) is 51.0 Å². The summed E-state index contributed by atoms with van der Waals surface area (Å²) in [7, 11) is -0.892. The molecule has 15 heavy (non-hydrogen) atoms. The molecule has 0 saturated heterocycles. The van der Waals surface area contributed by atoms with E-state index in [2.05, 4.69) is 11.8 Å². The maximum Gasteiger partial charge on any atom is 0.148 e. The fourth-order valence-corrected chi connectivity index (χ4v) is 3.02.